The molecule has 2 rings (SSSR count). The van der Waals surface area contributed by atoms with Crippen molar-refractivity contribution in [3.63, 3.8) is 0 Å². The number of rotatable bonds is 4. The predicted octanol–water partition coefficient (Wildman–Crippen LogP) is 1.40. The Morgan fingerprint density at radius 1 is 1.16 bits per heavy atom. The highest BCUT2D eigenvalue weighted by atomic mass is 16.3. The van der Waals surface area contributed by atoms with E-state index in [1.807, 2.05) is 4.90 Å². The Morgan fingerprint density at radius 2 is 2.05 bits per heavy atom. The summed E-state index contributed by atoms with van der Waals surface area (Å²) in [6.07, 6.45) is 8.67. The summed E-state index contributed by atoms with van der Waals surface area (Å²) in [6.45, 7) is 4.51. The first-order valence-corrected chi connectivity index (χ1v) is 7.58. The maximum atomic E-state index is 12.3. The maximum absolute atomic E-state index is 12.3. The molecular weight excluding hydrogens is 240 g/mol. The first-order chi connectivity index (χ1) is 9.29. The number of amides is 1. The van der Waals surface area contributed by atoms with Gasteiger partial charge in [-0.2, -0.15) is 0 Å². The van der Waals surface area contributed by atoms with Crippen LogP contribution in [0.4, 0.5) is 0 Å². The Bertz CT molecular complexity index is 328. The number of aliphatic hydroxyl groups is 1. The van der Waals surface area contributed by atoms with E-state index in [2.05, 4.69) is 11.0 Å². The maximum Gasteiger partial charge on any atom is 0.226 e. The molecule has 1 fully saturated rings. The van der Waals surface area contributed by atoms with Crippen LogP contribution in [-0.2, 0) is 4.79 Å². The molecule has 1 N–H and O–H groups in total. The normalized spacial score (nSPS) is 21.9. The van der Waals surface area contributed by atoms with Crippen LogP contribution in [0.1, 0.15) is 38.5 Å². The largest absolute Gasteiger partial charge is 0.395 e. The predicted molar refractivity (Wildman–Crippen MR) is 75.9 cm³/mol. The molecule has 1 aliphatic carbocycles. The van der Waals surface area contributed by atoms with Crippen LogP contribution < -0.4 is 0 Å². The van der Waals surface area contributed by atoms with E-state index in [0.29, 0.717) is 12.3 Å². The highest BCUT2D eigenvalue weighted by Crippen LogP contribution is 2.21. The number of carbonyl (C=O) groups is 1. The molecule has 0 bridgehead atoms. The standard InChI is InChI=1S/C15H26N2O2/c18-12-11-16-7-4-8-17(10-9-16)15(19)13-14-5-2-1-3-6-14/h5,18H,1-4,6-13H2. The molecule has 1 saturated heterocycles. The van der Waals surface area contributed by atoms with Gasteiger partial charge in [-0.25, -0.2) is 0 Å². The topological polar surface area (TPSA) is 43.8 Å². The Morgan fingerprint density at radius 3 is 2.79 bits per heavy atom. The molecule has 0 aromatic carbocycles. The molecule has 1 heterocycles. The number of hydrogen-bond donors (Lipinski definition) is 1. The van der Waals surface area contributed by atoms with Gasteiger partial charge in [0.15, 0.2) is 0 Å². The summed E-state index contributed by atoms with van der Waals surface area (Å²) in [5, 5.41) is 8.97. The quantitative estimate of drug-likeness (QED) is 0.782. The lowest BCUT2D eigenvalue weighted by atomic mass is 9.97. The monoisotopic (exact) mass is 266 g/mol. The van der Waals surface area contributed by atoms with Crippen molar-refractivity contribution in [1.29, 1.82) is 0 Å². The van der Waals surface area contributed by atoms with E-state index < -0.39 is 0 Å². The summed E-state index contributed by atoms with van der Waals surface area (Å²) in [5.41, 5.74) is 1.34. The van der Waals surface area contributed by atoms with Crippen LogP contribution in [0.3, 0.4) is 0 Å². The van der Waals surface area contributed by atoms with Crippen LogP contribution in [0.25, 0.3) is 0 Å². The van der Waals surface area contributed by atoms with Crippen molar-refractivity contribution in [1.82, 2.24) is 9.80 Å². The molecule has 2 aliphatic rings. The molecule has 0 radical (unpaired) electrons. The van der Waals surface area contributed by atoms with Gasteiger partial charge in [-0.05, 0) is 38.6 Å². The smallest absolute Gasteiger partial charge is 0.226 e. The third-order valence-corrected chi connectivity index (χ3v) is 4.12. The zero-order valence-electron chi connectivity index (χ0n) is 11.8. The second-order valence-corrected chi connectivity index (χ2v) is 5.58. The first-order valence-electron chi connectivity index (χ1n) is 7.58. The van der Waals surface area contributed by atoms with Crippen LogP contribution in [0.5, 0.6) is 0 Å². The molecule has 0 unspecified atom stereocenters. The molecule has 4 heteroatoms. The van der Waals surface area contributed by atoms with E-state index in [9.17, 15) is 4.79 Å². The van der Waals surface area contributed by atoms with Gasteiger partial charge in [0.25, 0.3) is 0 Å². The molecule has 19 heavy (non-hydrogen) atoms. The van der Waals surface area contributed by atoms with E-state index in [1.54, 1.807) is 0 Å². The van der Waals surface area contributed by atoms with Crippen molar-refractivity contribution < 1.29 is 9.90 Å². The highest BCUT2D eigenvalue weighted by Gasteiger charge is 2.19. The van der Waals surface area contributed by atoms with Crippen LogP contribution in [0.15, 0.2) is 11.6 Å². The second kappa shape index (κ2) is 7.65. The van der Waals surface area contributed by atoms with Gasteiger partial charge in [0.2, 0.25) is 5.91 Å². The van der Waals surface area contributed by atoms with Crippen LogP contribution in [0.2, 0.25) is 0 Å². The number of allylic oxidation sites excluding steroid dienone is 1. The van der Waals surface area contributed by atoms with Crippen molar-refractivity contribution in [2.45, 2.75) is 38.5 Å². The SMILES string of the molecule is O=C(CC1=CCCCC1)N1CCCN(CCO)CC1. The van der Waals surface area contributed by atoms with E-state index in [-0.39, 0.29) is 6.61 Å². The minimum Gasteiger partial charge on any atom is -0.395 e. The number of aliphatic hydroxyl groups excluding tert-OH is 1. The number of nitrogens with zero attached hydrogens (tertiary/aromatic N) is 2. The van der Waals surface area contributed by atoms with Gasteiger partial charge in [0.05, 0.1) is 6.61 Å². The second-order valence-electron chi connectivity index (χ2n) is 5.58. The lowest BCUT2D eigenvalue weighted by Gasteiger charge is -2.23. The average molecular weight is 266 g/mol. The highest BCUT2D eigenvalue weighted by molar-refractivity contribution is 5.78. The Balaban J connectivity index is 1.80. The summed E-state index contributed by atoms with van der Waals surface area (Å²) < 4.78 is 0. The summed E-state index contributed by atoms with van der Waals surface area (Å²) >= 11 is 0. The Labute approximate surface area is 116 Å². The van der Waals surface area contributed by atoms with E-state index in [0.717, 1.165) is 52.0 Å². The fraction of sp³-hybridized carbons (Fsp3) is 0.800. The van der Waals surface area contributed by atoms with Gasteiger partial charge in [0, 0.05) is 32.6 Å². The first kappa shape index (κ1) is 14.5. The lowest BCUT2D eigenvalue weighted by Crippen LogP contribution is -2.36. The van der Waals surface area contributed by atoms with E-state index in [4.69, 9.17) is 5.11 Å². The molecule has 0 aromatic rings. The fourth-order valence-corrected chi connectivity index (χ4v) is 2.96. The van der Waals surface area contributed by atoms with Crippen molar-refractivity contribution in [2.24, 2.45) is 0 Å². The molecule has 1 amide bonds. The lowest BCUT2D eigenvalue weighted by molar-refractivity contribution is -0.130. The van der Waals surface area contributed by atoms with Crippen molar-refractivity contribution in [2.75, 3.05) is 39.3 Å². The van der Waals surface area contributed by atoms with Gasteiger partial charge in [-0.1, -0.05) is 11.6 Å². The number of β-amino-alcohol motifs (C(OH)–C–C–N with tert-alkyl or cyclic N) is 1. The number of hydrogen-bond acceptors (Lipinski definition) is 3. The molecule has 1 aliphatic heterocycles. The molecular formula is C15H26N2O2. The molecule has 0 aromatic heterocycles. The molecule has 108 valence electrons. The van der Waals surface area contributed by atoms with Gasteiger partial charge in [-0.3, -0.25) is 9.69 Å². The Hall–Kier alpha value is -0.870. The minimum absolute atomic E-state index is 0.209. The summed E-state index contributed by atoms with van der Waals surface area (Å²) in [5.74, 6) is 0.291. The van der Waals surface area contributed by atoms with Crippen LogP contribution in [-0.4, -0.2) is 60.1 Å². The van der Waals surface area contributed by atoms with Crippen molar-refractivity contribution >= 4 is 5.91 Å². The molecule has 4 nitrogen and oxygen atoms in total. The van der Waals surface area contributed by atoms with Gasteiger partial charge < -0.3 is 10.0 Å². The van der Waals surface area contributed by atoms with Crippen molar-refractivity contribution in [3.05, 3.63) is 11.6 Å². The van der Waals surface area contributed by atoms with Gasteiger partial charge >= 0.3 is 0 Å². The fourth-order valence-electron chi connectivity index (χ4n) is 2.96. The molecule has 0 atom stereocenters. The van der Waals surface area contributed by atoms with E-state index in [1.165, 1.54) is 18.4 Å². The summed E-state index contributed by atoms with van der Waals surface area (Å²) in [7, 11) is 0. The van der Waals surface area contributed by atoms with Crippen molar-refractivity contribution in [3.8, 4) is 0 Å². The summed E-state index contributed by atoms with van der Waals surface area (Å²) in [6, 6.07) is 0. The van der Waals surface area contributed by atoms with E-state index >= 15 is 0 Å². The summed E-state index contributed by atoms with van der Waals surface area (Å²) in [4.78, 5) is 16.6. The third-order valence-electron chi connectivity index (χ3n) is 4.12. The van der Waals surface area contributed by atoms with Crippen LogP contribution >= 0.6 is 0 Å². The average Bonchev–Trinajstić information content (AvgIpc) is 2.66. The zero-order valence-corrected chi connectivity index (χ0v) is 11.8. The van der Waals surface area contributed by atoms with Gasteiger partial charge in [-0.15, -0.1) is 0 Å². The minimum atomic E-state index is 0.209. The van der Waals surface area contributed by atoms with Crippen LogP contribution in [0, 0.1) is 0 Å². The number of carbonyl (C=O) groups excluding carboxylic acids is 1. The molecule has 0 spiro atoms. The third kappa shape index (κ3) is 4.62. The zero-order chi connectivity index (χ0) is 13.5. The van der Waals surface area contributed by atoms with Gasteiger partial charge in [0.1, 0.15) is 0 Å². The molecule has 0 saturated carbocycles. The Kier molecular flexibility index (Phi) is 5.86.